The van der Waals surface area contributed by atoms with Crippen LogP contribution in [0.15, 0.2) is 10.3 Å². The third-order valence-electron chi connectivity index (χ3n) is 2.04. The molecule has 8 nitrogen and oxygen atoms in total. The molecule has 0 atom stereocenters. The average molecular weight is 356 g/mol. The molecule has 2 N–H and O–H groups in total. The zero-order valence-electron chi connectivity index (χ0n) is 11.5. The monoisotopic (exact) mass is 355 g/mol. The summed E-state index contributed by atoms with van der Waals surface area (Å²) in [7, 11) is -4.03. The van der Waals surface area contributed by atoms with Crippen LogP contribution in [-0.2, 0) is 14.8 Å². The van der Waals surface area contributed by atoms with Crippen LogP contribution in [0.3, 0.4) is 0 Å². The molecule has 0 aliphatic heterocycles. The van der Waals surface area contributed by atoms with Gasteiger partial charge in [-0.3, -0.25) is 14.9 Å². The van der Waals surface area contributed by atoms with Crippen molar-refractivity contribution in [3.8, 4) is 0 Å². The molecule has 0 unspecified atom stereocenters. The Kier molecular flexibility index (Phi) is 5.31. The van der Waals surface area contributed by atoms with Gasteiger partial charge in [0, 0.05) is 11.6 Å². The van der Waals surface area contributed by atoms with E-state index in [9.17, 15) is 23.3 Å². The summed E-state index contributed by atoms with van der Waals surface area (Å²) in [5, 5.41) is 13.2. The minimum Gasteiger partial charge on any atom is -0.350 e. The lowest BCUT2D eigenvalue weighted by Crippen LogP contribution is -2.45. The van der Waals surface area contributed by atoms with Crippen LogP contribution in [0.25, 0.3) is 0 Å². The van der Waals surface area contributed by atoms with Gasteiger partial charge in [-0.15, -0.1) is 11.3 Å². The van der Waals surface area contributed by atoms with E-state index < -0.39 is 38.6 Å². The molecule has 0 aliphatic carbocycles. The number of sulfonamides is 1. The maximum atomic E-state index is 11.9. The van der Waals surface area contributed by atoms with Gasteiger partial charge in [-0.2, -0.15) is 0 Å². The van der Waals surface area contributed by atoms with Gasteiger partial charge in [0.15, 0.2) is 4.34 Å². The Bertz CT molecular complexity index is 663. The maximum absolute atomic E-state index is 11.9. The van der Waals surface area contributed by atoms with E-state index in [4.69, 9.17) is 11.6 Å². The molecule has 0 saturated heterocycles. The van der Waals surface area contributed by atoms with Crippen molar-refractivity contribution < 1.29 is 18.1 Å². The van der Waals surface area contributed by atoms with Gasteiger partial charge in [-0.25, -0.2) is 13.1 Å². The number of halogens is 1. The molecule has 1 heterocycles. The van der Waals surface area contributed by atoms with Gasteiger partial charge in [-0.1, -0.05) is 11.6 Å². The number of amides is 1. The Hall–Kier alpha value is -1.23. The van der Waals surface area contributed by atoms with Gasteiger partial charge in [0.1, 0.15) is 4.21 Å². The van der Waals surface area contributed by atoms with Crippen molar-refractivity contribution >= 4 is 44.6 Å². The lowest BCUT2D eigenvalue weighted by Gasteiger charge is -2.20. The first-order valence-corrected chi connectivity index (χ1v) is 8.34. The first-order chi connectivity index (χ1) is 9.42. The summed E-state index contributed by atoms with van der Waals surface area (Å²) < 4.78 is 25.4. The number of thiophene rings is 1. The molecule has 11 heteroatoms. The molecular formula is C10H14ClN3O5S2. The van der Waals surface area contributed by atoms with Gasteiger partial charge < -0.3 is 5.32 Å². The number of nitrogens with one attached hydrogen (secondary N) is 2. The number of rotatable bonds is 5. The van der Waals surface area contributed by atoms with Crippen LogP contribution in [0.2, 0.25) is 4.34 Å². The highest BCUT2D eigenvalue weighted by Crippen LogP contribution is 2.35. The topological polar surface area (TPSA) is 118 Å². The number of carbonyl (C=O) groups is 1. The fourth-order valence-electron chi connectivity index (χ4n) is 1.29. The fourth-order valence-corrected chi connectivity index (χ4v) is 3.98. The van der Waals surface area contributed by atoms with Crippen molar-refractivity contribution in [1.82, 2.24) is 10.0 Å². The molecule has 1 aromatic rings. The predicted octanol–water partition coefficient (Wildman–Crippen LogP) is 1.50. The van der Waals surface area contributed by atoms with Gasteiger partial charge in [-0.05, 0) is 20.8 Å². The fraction of sp³-hybridized carbons (Fsp3) is 0.500. The Morgan fingerprint density at radius 3 is 2.48 bits per heavy atom. The van der Waals surface area contributed by atoms with Gasteiger partial charge in [0.25, 0.3) is 15.7 Å². The molecular weight excluding hydrogens is 342 g/mol. The van der Waals surface area contributed by atoms with Crippen LogP contribution >= 0.6 is 22.9 Å². The number of hydrogen-bond donors (Lipinski definition) is 2. The van der Waals surface area contributed by atoms with Crippen LogP contribution in [0, 0.1) is 10.1 Å². The Balaban J connectivity index is 2.81. The minimum atomic E-state index is -4.03. The molecule has 0 aromatic carbocycles. The van der Waals surface area contributed by atoms with E-state index in [2.05, 4.69) is 10.0 Å². The molecule has 1 aromatic heterocycles. The Morgan fingerprint density at radius 2 is 2.05 bits per heavy atom. The number of carbonyl (C=O) groups excluding carboxylic acids is 1. The normalized spacial score (nSPS) is 12.2. The van der Waals surface area contributed by atoms with Crippen LogP contribution in [-0.4, -0.2) is 31.3 Å². The molecule has 0 aliphatic rings. The Labute approximate surface area is 130 Å². The van der Waals surface area contributed by atoms with Crippen LogP contribution < -0.4 is 10.0 Å². The standard InChI is InChI=1S/C10H14ClN3O5S2/c1-10(2,3)13-7(15)5-12-21(18,19)8-4-6(14(16)17)9(11)20-8/h4,12H,5H2,1-3H3,(H,13,15). The van der Waals surface area contributed by atoms with Gasteiger partial charge >= 0.3 is 0 Å². The summed E-state index contributed by atoms with van der Waals surface area (Å²) in [5.41, 5.74) is -0.978. The first-order valence-electron chi connectivity index (χ1n) is 5.67. The van der Waals surface area contributed by atoms with Gasteiger partial charge in [0.2, 0.25) is 5.91 Å². The van der Waals surface area contributed by atoms with Crippen molar-refractivity contribution in [2.45, 2.75) is 30.5 Å². The van der Waals surface area contributed by atoms with Crippen molar-refractivity contribution in [3.63, 3.8) is 0 Å². The van der Waals surface area contributed by atoms with Crippen LogP contribution in [0.4, 0.5) is 5.69 Å². The van der Waals surface area contributed by atoms with Crippen molar-refractivity contribution in [2.75, 3.05) is 6.54 Å². The maximum Gasteiger partial charge on any atom is 0.300 e. The summed E-state index contributed by atoms with van der Waals surface area (Å²) in [5.74, 6) is -0.511. The van der Waals surface area contributed by atoms with Crippen molar-refractivity contribution in [3.05, 3.63) is 20.5 Å². The zero-order valence-corrected chi connectivity index (χ0v) is 13.9. The van der Waals surface area contributed by atoms with E-state index >= 15 is 0 Å². The summed E-state index contributed by atoms with van der Waals surface area (Å²) in [6, 6.07) is 0.858. The lowest BCUT2D eigenvalue weighted by atomic mass is 10.1. The van der Waals surface area contributed by atoms with E-state index in [1.54, 1.807) is 20.8 Å². The summed E-state index contributed by atoms with van der Waals surface area (Å²) in [4.78, 5) is 21.4. The first kappa shape index (κ1) is 17.8. The third-order valence-corrected chi connectivity index (χ3v) is 5.26. The van der Waals surface area contributed by atoms with E-state index in [0.717, 1.165) is 6.07 Å². The smallest absolute Gasteiger partial charge is 0.300 e. The SMILES string of the molecule is CC(C)(C)NC(=O)CNS(=O)(=O)c1cc([N+](=O)[O-])c(Cl)s1. The molecule has 1 rings (SSSR count). The second-order valence-corrected chi connectivity index (χ2v) is 8.75. The largest absolute Gasteiger partial charge is 0.350 e. The molecule has 21 heavy (non-hydrogen) atoms. The van der Waals surface area contributed by atoms with E-state index in [0.29, 0.717) is 11.3 Å². The lowest BCUT2D eigenvalue weighted by molar-refractivity contribution is -0.384. The number of hydrogen-bond acceptors (Lipinski definition) is 6. The minimum absolute atomic E-state index is 0.237. The van der Waals surface area contributed by atoms with Crippen molar-refractivity contribution in [1.29, 1.82) is 0 Å². The molecule has 0 saturated carbocycles. The van der Waals surface area contributed by atoms with Crippen molar-refractivity contribution in [2.24, 2.45) is 0 Å². The highest BCUT2D eigenvalue weighted by Gasteiger charge is 2.26. The molecule has 0 bridgehead atoms. The number of nitro groups is 1. The van der Waals surface area contributed by atoms with E-state index in [-0.39, 0.29) is 8.55 Å². The molecule has 1 amide bonds. The second-order valence-electron chi connectivity index (χ2n) is 5.10. The van der Waals surface area contributed by atoms with Gasteiger partial charge in [0.05, 0.1) is 11.5 Å². The third kappa shape index (κ3) is 5.23. The van der Waals surface area contributed by atoms with Crippen LogP contribution in [0.1, 0.15) is 20.8 Å². The molecule has 118 valence electrons. The Morgan fingerprint density at radius 1 is 1.48 bits per heavy atom. The van der Waals surface area contributed by atoms with E-state index in [1.807, 2.05) is 0 Å². The highest BCUT2D eigenvalue weighted by atomic mass is 35.5. The molecule has 0 fully saturated rings. The van der Waals surface area contributed by atoms with Crippen LogP contribution in [0.5, 0.6) is 0 Å². The second kappa shape index (κ2) is 6.26. The zero-order chi connectivity index (χ0) is 16.4. The average Bonchev–Trinajstić information content (AvgIpc) is 2.67. The highest BCUT2D eigenvalue weighted by molar-refractivity contribution is 7.91. The number of nitrogens with zero attached hydrogens (tertiary/aromatic N) is 1. The predicted molar refractivity (Wildman–Crippen MR) is 79.1 cm³/mol. The quantitative estimate of drug-likeness (QED) is 0.612. The molecule has 0 radical (unpaired) electrons. The summed E-state index contributed by atoms with van der Waals surface area (Å²) in [6.07, 6.45) is 0. The van der Waals surface area contributed by atoms with E-state index in [1.165, 1.54) is 0 Å². The molecule has 0 spiro atoms. The summed E-state index contributed by atoms with van der Waals surface area (Å²) in [6.45, 7) is 4.79. The summed E-state index contributed by atoms with van der Waals surface area (Å²) >= 11 is 6.16.